The van der Waals surface area contributed by atoms with Crippen molar-refractivity contribution in [3.05, 3.63) is 18.0 Å². The van der Waals surface area contributed by atoms with E-state index >= 15 is 0 Å². The Bertz CT molecular complexity index is 288. The number of aromatic nitrogens is 2. The molecule has 0 saturated heterocycles. The number of nitrogens with zero attached hydrogens (tertiary/aromatic N) is 3. The molecular weight excluding hydrogens is 192 g/mol. The maximum Gasteiger partial charge on any atom is 0.225 e. The van der Waals surface area contributed by atoms with E-state index in [1.807, 2.05) is 11.9 Å². The normalized spacial score (nSPS) is 12.5. The van der Waals surface area contributed by atoms with Gasteiger partial charge < -0.3 is 15.4 Å². The van der Waals surface area contributed by atoms with Gasteiger partial charge in [-0.15, -0.1) is 0 Å². The van der Waals surface area contributed by atoms with Crippen LogP contribution in [-0.2, 0) is 11.3 Å². The van der Waals surface area contributed by atoms with Gasteiger partial charge in [0.1, 0.15) is 0 Å². The molecule has 0 aliphatic heterocycles. The summed E-state index contributed by atoms with van der Waals surface area (Å²) in [5.74, 6) is 0.691. The SMILES string of the molecule is COCC(C)N(C)c1ncc(CN)cn1. The molecule has 0 bridgehead atoms. The molecule has 0 radical (unpaired) electrons. The minimum absolute atomic E-state index is 0.249. The third-order valence-corrected chi connectivity index (χ3v) is 2.31. The van der Waals surface area contributed by atoms with E-state index in [-0.39, 0.29) is 6.04 Å². The maximum absolute atomic E-state index is 5.47. The molecule has 84 valence electrons. The van der Waals surface area contributed by atoms with Crippen molar-refractivity contribution in [2.24, 2.45) is 5.73 Å². The first-order valence-corrected chi connectivity index (χ1v) is 4.91. The fraction of sp³-hybridized carbons (Fsp3) is 0.600. The summed E-state index contributed by atoms with van der Waals surface area (Å²) in [6.07, 6.45) is 3.50. The quantitative estimate of drug-likeness (QED) is 0.762. The van der Waals surface area contributed by atoms with Crippen LogP contribution in [0.4, 0.5) is 5.95 Å². The Morgan fingerprint density at radius 3 is 2.53 bits per heavy atom. The van der Waals surface area contributed by atoms with Gasteiger partial charge in [-0.05, 0) is 6.92 Å². The highest BCUT2D eigenvalue weighted by Crippen LogP contribution is 2.08. The summed E-state index contributed by atoms with van der Waals surface area (Å²) in [7, 11) is 3.63. The Hall–Kier alpha value is -1.20. The average molecular weight is 210 g/mol. The van der Waals surface area contributed by atoms with Crippen LogP contribution in [0.2, 0.25) is 0 Å². The smallest absolute Gasteiger partial charge is 0.225 e. The number of ether oxygens (including phenoxy) is 1. The van der Waals surface area contributed by atoms with Crippen LogP contribution in [0.15, 0.2) is 12.4 Å². The standard InChI is InChI=1S/C10H18N4O/c1-8(7-15-3)14(2)10-12-5-9(4-11)6-13-10/h5-6,8H,4,7,11H2,1-3H3. The number of hydrogen-bond acceptors (Lipinski definition) is 5. The molecule has 1 unspecified atom stereocenters. The molecule has 0 aliphatic rings. The van der Waals surface area contributed by atoms with Crippen molar-refractivity contribution < 1.29 is 4.74 Å². The van der Waals surface area contributed by atoms with E-state index < -0.39 is 0 Å². The molecular formula is C10H18N4O. The van der Waals surface area contributed by atoms with Crippen LogP contribution in [-0.4, -0.2) is 36.8 Å². The predicted octanol–water partition coefficient (Wildman–Crippen LogP) is 0.406. The fourth-order valence-corrected chi connectivity index (χ4v) is 1.19. The molecule has 5 heteroatoms. The molecule has 1 aromatic heterocycles. The Balaban J connectivity index is 2.69. The highest BCUT2D eigenvalue weighted by molar-refractivity contribution is 5.29. The molecule has 2 N–H and O–H groups in total. The molecule has 1 atom stereocenters. The maximum atomic E-state index is 5.47. The van der Waals surface area contributed by atoms with E-state index in [9.17, 15) is 0 Å². The van der Waals surface area contributed by atoms with Gasteiger partial charge in [-0.3, -0.25) is 0 Å². The Morgan fingerprint density at radius 1 is 1.47 bits per heavy atom. The summed E-state index contributed by atoms with van der Waals surface area (Å²) < 4.78 is 5.07. The summed E-state index contributed by atoms with van der Waals surface area (Å²) in [6.45, 7) is 3.18. The van der Waals surface area contributed by atoms with Crippen LogP contribution in [0.5, 0.6) is 0 Å². The fourth-order valence-electron chi connectivity index (χ4n) is 1.19. The molecule has 15 heavy (non-hydrogen) atoms. The number of hydrogen-bond donors (Lipinski definition) is 1. The highest BCUT2D eigenvalue weighted by atomic mass is 16.5. The van der Waals surface area contributed by atoms with Gasteiger partial charge in [0, 0.05) is 38.7 Å². The van der Waals surface area contributed by atoms with Crippen molar-refractivity contribution in [1.29, 1.82) is 0 Å². The lowest BCUT2D eigenvalue weighted by molar-refractivity contribution is 0.183. The minimum Gasteiger partial charge on any atom is -0.383 e. The average Bonchev–Trinajstić information content (AvgIpc) is 2.28. The van der Waals surface area contributed by atoms with E-state index in [4.69, 9.17) is 10.5 Å². The van der Waals surface area contributed by atoms with Crippen molar-refractivity contribution in [3.63, 3.8) is 0 Å². The number of likely N-dealkylation sites (N-methyl/N-ethyl adjacent to an activating group) is 1. The summed E-state index contributed by atoms with van der Waals surface area (Å²) >= 11 is 0. The Labute approximate surface area is 90.3 Å². The zero-order valence-electron chi connectivity index (χ0n) is 9.47. The van der Waals surface area contributed by atoms with Gasteiger partial charge in [0.25, 0.3) is 0 Å². The van der Waals surface area contributed by atoms with Crippen LogP contribution < -0.4 is 10.6 Å². The van der Waals surface area contributed by atoms with Gasteiger partial charge >= 0.3 is 0 Å². The zero-order valence-corrected chi connectivity index (χ0v) is 9.47. The molecule has 0 aromatic carbocycles. The van der Waals surface area contributed by atoms with Crippen LogP contribution in [0.1, 0.15) is 12.5 Å². The third-order valence-electron chi connectivity index (χ3n) is 2.31. The van der Waals surface area contributed by atoms with Crippen molar-refractivity contribution >= 4 is 5.95 Å². The summed E-state index contributed by atoms with van der Waals surface area (Å²) in [4.78, 5) is 10.4. The van der Waals surface area contributed by atoms with E-state index in [1.165, 1.54) is 0 Å². The molecule has 5 nitrogen and oxygen atoms in total. The second kappa shape index (κ2) is 5.63. The molecule has 1 heterocycles. The first kappa shape index (κ1) is 11.9. The molecule has 1 rings (SSSR count). The lowest BCUT2D eigenvalue weighted by atomic mass is 10.3. The van der Waals surface area contributed by atoms with Gasteiger partial charge in [0.05, 0.1) is 12.6 Å². The van der Waals surface area contributed by atoms with Gasteiger partial charge in [0.2, 0.25) is 5.95 Å². The van der Waals surface area contributed by atoms with Gasteiger partial charge in [-0.25, -0.2) is 9.97 Å². The van der Waals surface area contributed by atoms with E-state index in [0.717, 1.165) is 5.56 Å². The number of nitrogens with two attached hydrogens (primary N) is 1. The van der Waals surface area contributed by atoms with Gasteiger partial charge in [0.15, 0.2) is 0 Å². The van der Waals surface area contributed by atoms with Crippen LogP contribution in [0.3, 0.4) is 0 Å². The first-order valence-electron chi connectivity index (χ1n) is 4.91. The number of anilines is 1. The van der Waals surface area contributed by atoms with Crippen molar-refractivity contribution in [1.82, 2.24) is 9.97 Å². The van der Waals surface area contributed by atoms with Crippen molar-refractivity contribution in [3.8, 4) is 0 Å². The van der Waals surface area contributed by atoms with Crippen molar-refractivity contribution in [2.45, 2.75) is 19.5 Å². The summed E-state index contributed by atoms with van der Waals surface area (Å²) in [5.41, 5.74) is 6.41. The van der Waals surface area contributed by atoms with Crippen LogP contribution in [0.25, 0.3) is 0 Å². The first-order chi connectivity index (χ1) is 7.19. The van der Waals surface area contributed by atoms with E-state index in [2.05, 4.69) is 16.9 Å². The molecule has 0 amide bonds. The van der Waals surface area contributed by atoms with Gasteiger partial charge in [-0.1, -0.05) is 0 Å². The Morgan fingerprint density at radius 2 is 2.07 bits per heavy atom. The summed E-state index contributed by atoms with van der Waals surface area (Å²) in [5, 5.41) is 0. The van der Waals surface area contributed by atoms with Crippen molar-refractivity contribution in [2.75, 3.05) is 25.7 Å². The third kappa shape index (κ3) is 3.14. The zero-order chi connectivity index (χ0) is 11.3. The van der Waals surface area contributed by atoms with Crippen LogP contribution >= 0.6 is 0 Å². The monoisotopic (exact) mass is 210 g/mol. The predicted molar refractivity (Wildman–Crippen MR) is 59.7 cm³/mol. The molecule has 0 fully saturated rings. The lowest BCUT2D eigenvalue weighted by Crippen LogP contribution is -2.33. The second-order valence-electron chi connectivity index (χ2n) is 3.51. The van der Waals surface area contributed by atoms with Crippen LogP contribution in [0, 0.1) is 0 Å². The summed E-state index contributed by atoms with van der Waals surface area (Å²) in [6, 6.07) is 0.249. The minimum atomic E-state index is 0.249. The Kier molecular flexibility index (Phi) is 4.45. The number of methoxy groups -OCH3 is 1. The number of rotatable bonds is 5. The van der Waals surface area contributed by atoms with E-state index in [1.54, 1.807) is 19.5 Å². The highest BCUT2D eigenvalue weighted by Gasteiger charge is 2.11. The molecule has 0 saturated carbocycles. The topological polar surface area (TPSA) is 64.3 Å². The van der Waals surface area contributed by atoms with Gasteiger partial charge in [-0.2, -0.15) is 0 Å². The lowest BCUT2D eigenvalue weighted by Gasteiger charge is -2.23. The molecule has 0 aliphatic carbocycles. The molecule has 1 aromatic rings. The van der Waals surface area contributed by atoms with E-state index in [0.29, 0.717) is 19.1 Å². The molecule has 0 spiro atoms. The second-order valence-corrected chi connectivity index (χ2v) is 3.51. The largest absolute Gasteiger partial charge is 0.383 e.